The number of benzene rings is 5. The number of hydrogen-bond acceptors (Lipinski definition) is 5. The Balaban J connectivity index is 1.30. The highest BCUT2D eigenvalue weighted by molar-refractivity contribution is 5.56. The zero-order chi connectivity index (χ0) is 28.3. The van der Waals surface area contributed by atoms with Crippen LogP contribution in [0.5, 0.6) is 23.0 Å². The number of aliphatic hydroxyl groups is 1. The third-order valence-electron chi connectivity index (χ3n) is 6.47. The van der Waals surface area contributed by atoms with Crippen molar-refractivity contribution in [1.29, 1.82) is 0 Å². The second-order valence-corrected chi connectivity index (χ2v) is 9.55. The van der Waals surface area contributed by atoms with Gasteiger partial charge in [-0.15, -0.1) is 0 Å². The number of hydrogen-bond donors (Lipinski definition) is 2. The van der Waals surface area contributed by atoms with Crippen LogP contribution in [0.4, 0.5) is 0 Å². The molecule has 1 unspecified atom stereocenters. The quantitative estimate of drug-likeness (QED) is 0.167. The molecule has 2 N–H and O–H groups in total. The van der Waals surface area contributed by atoms with E-state index in [1.165, 1.54) is 6.07 Å². The molecular weight excluding hydrogens is 512 g/mol. The van der Waals surface area contributed by atoms with Gasteiger partial charge < -0.3 is 24.4 Å². The Kier molecular flexibility index (Phi) is 9.33. The van der Waals surface area contributed by atoms with Crippen molar-refractivity contribution in [1.82, 2.24) is 0 Å². The van der Waals surface area contributed by atoms with E-state index in [0.29, 0.717) is 24.7 Å². The molecule has 0 spiro atoms. The highest BCUT2D eigenvalue weighted by atomic mass is 16.5. The van der Waals surface area contributed by atoms with Crippen LogP contribution in [0, 0.1) is 0 Å². The van der Waals surface area contributed by atoms with Gasteiger partial charge in [-0.3, -0.25) is 0 Å². The maximum absolute atomic E-state index is 11.1. The molecule has 0 radical (unpaired) electrons. The molecule has 5 rings (SSSR count). The lowest BCUT2D eigenvalue weighted by atomic mass is 10.0. The first-order valence-electron chi connectivity index (χ1n) is 13.5. The summed E-state index contributed by atoms with van der Waals surface area (Å²) in [5, 5.41) is 22.1. The van der Waals surface area contributed by atoms with Crippen LogP contribution in [-0.2, 0) is 19.8 Å². The third kappa shape index (κ3) is 8.01. The zero-order valence-electron chi connectivity index (χ0n) is 22.6. The van der Waals surface area contributed by atoms with Crippen molar-refractivity contribution >= 4 is 6.08 Å². The van der Waals surface area contributed by atoms with E-state index in [1.807, 2.05) is 115 Å². The summed E-state index contributed by atoms with van der Waals surface area (Å²) in [6, 6.07) is 40.3. The molecule has 0 amide bonds. The van der Waals surface area contributed by atoms with Crippen LogP contribution in [0.2, 0.25) is 0 Å². The number of aliphatic hydroxyl groups excluding tert-OH is 1. The lowest BCUT2D eigenvalue weighted by molar-refractivity contribution is 0.210. The summed E-state index contributed by atoms with van der Waals surface area (Å²) in [6.45, 7) is 1.10. The topological polar surface area (TPSA) is 68.2 Å². The second-order valence-electron chi connectivity index (χ2n) is 9.55. The molecule has 206 valence electrons. The fourth-order valence-electron chi connectivity index (χ4n) is 4.28. The van der Waals surface area contributed by atoms with Gasteiger partial charge in [-0.2, -0.15) is 0 Å². The minimum absolute atomic E-state index is 0.111. The Morgan fingerprint density at radius 3 is 1.59 bits per heavy atom. The third-order valence-corrected chi connectivity index (χ3v) is 6.47. The average Bonchev–Trinajstić information content (AvgIpc) is 3.02. The molecular formula is C36H32O5. The molecule has 0 aliphatic rings. The van der Waals surface area contributed by atoms with E-state index in [4.69, 9.17) is 14.2 Å². The van der Waals surface area contributed by atoms with Crippen molar-refractivity contribution in [3.63, 3.8) is 0 Å². The summed E-state index contributed by atoms with van der Waals surface area (Å²) in [5.74, 6) is 1.44. The van der Waals surface area contributed by atoms with Gasteiger partial charge in [-0.05, 0) is 34.4 Å². The van der Waals surface area contributed by atoms with Gasteiger partial charge in [-0.25, -0.2) is 0 Å². The lowest BCUT2D eigenvalue weighted by Crippen LogP contribution is -2.04. The Morgan fingerprint density at radius 2 is 1.05 bits per heavy atom. The largest absolute Gasteiger partial charge is 0.507 e. The smallest absolute Gasteiger partial charge is 0.133 e. The monoisotopic (exact) mass is 544 g/mol. The maximum atomic E-state index is 11.1. The second kappa shape index (κ2) is 13.9. The van der Waals surface area contributed by atoms with Crippen molar-refractivity contribution in [3.8, 4) is 23.0 Å². The van der Waals surface area contributed by atoms with E-state index in [0.717, 1.165) is 28.0 Å². The molecule has 0 aliphatic carbocycles. The number of rotatable bonds is 12. The molecule has 5 aromatic rings. The van der Waals surface area contributed by atoms with Gasteiger partial charge >= 0.3 is 0 Å². The Bertz CT molecular complexity index is 1530. The molecule has 0 fully saturated rings. The van der Waals surface area contributed by atoms with Crippen molar-refractivity contribution in [2.24, 2.45) is 0 Å². The molecule has 0 aliphatic heterocycles. The van der Waals surface area contributed by atoms with Gasteiger partial charge in [-0.1, -0.05) is 115 Å². The van der Waals surface area contributed by atoms with Gasteiger partial charge in [0.2, 0.25) is 0 Å². The first-order chi connectivity index (χ1) is 20.1. The molecule has 5 heteroatoms. The van der Waals surface area contributed by atoms with Gasteiger partial charge in [0, 0.05) is 12.1 Å². The van der Waals surface area contributed by atoms with Crippen molar-refractivity contribution < 1.29 is 24.4 Å². The normalized spacial score (nSPS) is 11.7. The van der Waals surface area contributed by atoms with E-state index >= 15 is 0 Å². The molecule has 1 atom stereocenters. The van der Waals surface area contributed by atoms with Gasteiger partial charge in [0.05, 0.1) is 5.56 Å². The van der Waals surface area contributed by atoms with Crippen LogP contribution in [0.3, 0.4) is 0 Å². The molecule has 0 aromatic heterocycles. The molecule has 5 aromatic carbocycles. The van der Waals surface area contributed by atoms with E-state index < -0.39 is 6.10 Å². The highest BCUT2D eigenvalue weighted by Gasteiger charge is 2.19. The first kappa shape index (κ1) is 27.6. The summed E-state index contributed by atoms with van der Waals surface area (Å²) in [5.41, 5.74) is 4.22. The fourth-order valence-corrected chi connectivity index (χ4v) is 4.28. The lowest BCUT2D eigenvalue weighted by Gasteiger charge is -2.18. The Hall–Kier alpha value is -5.00. The van der Waals surface area contributed by atoms with Gasteiger partial charge in [0.15, 0.2) is 0 Å². The minimum Gasteiger partial charge on any atom is -0.507 e. The molecule has 0 saturated heterocycles. The predicted octanol–water partition coefficient (Wildman–Crippen LogP) is 7.88. The molecule has 5 nitrogen and oxygen atoms in total. The summed E-state index contributed by atoms with van der Waals surface area (Å²) < 4.78 is 17.9. The molecule has 0 saturated carbocycles. The van der Waals surface area contributed by atoms with Crippen molar-refractivity contribution in [2.75, 3.05) is 0 Å². The summed E-state index contributed by atoms with van der Waals surface area (Å²) >= 11 is 0. The van der Waals surface area contributed by atoms with Crippen molar-refractivity contribution in [2.45, 2.75) is 25.9 Å². The Morgan fingerprint density at radius 1 is 0.561 bits per heavy atom. The van der Waals surface area contributed by atoms with Crippen LogP contribution in [0.1, 0.15) is 33.9 Å². The maximum Gasteiger partial charge on any atom is 0.133 e. The zero-order valence-corrected chi connectivity index (χ0v) is 22.6. The predicted molar refractivity (Wildman–Crippen MR) is 161 cm³/mol. The number of aromatic hydroxyl groups is 1. The molecule has 0 heterocycles. The van der Waals surface area contributed by atoms with Crippen molar-refractivity contribution in [3.05, 3.63) is 161 Å². The molecule has 0 bridgehead atoms. The van der Waals surface area contributed by atoms with E-state index in [9.17, 15) is 10.2 Å². The summed E-state index contributed by atoms with van der Waals surface area (Å²) in [7, 11) is 0. The van der Waals surface area contributed by atoms with Crippen LogP contribution < -0.4 is 14.2 Å². The minimum atomic E-state index is -1.11. The SMILES string of the molecule is Oc1cc(OCc2ccccc2)cc(OCc2ccccc2)c1C(O)/C=C/c1ccc(OCc2ccccc2)cc1. The number of ether oxygens (including phenoxy) is 3. The van der Waals surface area contributed by atoms with Gasteiger partial charge in [0.25, 0.3) is 0 Å². The van der Waals surface area contributed by atoms with E-state index in [-0.39, 0.29) is 17.9 Å². The van der Waals surface area contributed by atoms with Gasteiger partial charge in [0.1, 0.15) is 48.9 Å². The number of phenols is 1. The fraction of sp³-hybridized carbons (Fsp3) is 0.111. The Labute approximate surface area is 240 Å². The van der Waals surface area contributed by atoms with Crippen LogP contribution in [0.25, 0.3) is 6.08 Å². The highest BCUT2D eigenvalue weighted by Crippen LogP contribution is 2.39. The van der Waals surface area contributed by atoms with E-state index in [2.05, 4.69) is 0 Å². The van der Waals surface area contributed by atoms with E-state index in [1.54, 1.807) is 18.2 Å². The standard InChI is InChI=1S/C36H32O5/c37-33(21-18-27-16-19-31(20-17-27)39-24-28-10-4-1-5-11-28)36-34(38)22-32(40-25-29-12-6-2-7-13-29)23-35(36)41-26-30-14-8-3-9-15-30/h1-23,33,37-38H,24-26H2/b21-18+. The number of phenolic OH excluding ortho intramolecular Hbond substituents is 1. The average molecular weight is 545 g/mol. The van der Waals surface area contributed by atoms with Crippen LogP contribution in [-0.4, -0.2) is 10.2 Å². The summed E-state index contributed by atoms with van der Waals surface area (Å²) in [6.07, 6.45) is 2.30. The van der Waals surface area contributed by atoms with Crippen LogP contribution >= 0.6 is 0 Å². The first-order valence-corrected chi connectivity index (χ1v) is 13.5. The summed E-state index contributed by atoms with van der Waals surface area (Å²) in [4.78, 5) is 0. The molecule has 41 heavy (non-hydrogen) atoms. The van der Waals surface area contributed by atoms with Crippen LogP contribution in [0.15, 0.2) is 133 Å².